The Balaban J connectivity index is 2.77. The van der Waals surface area contributed by atoms with Gasteiger partial charge in [0, 0.05) is 0 Å². The van der Waals surface area contributed by atoms with E-state index in [2.05, 4.69) is 4.72 Å². The summed E-state index contributed by atoms with van der Waals surface area (Å²) < 4.78 is 32.6. The lowest BCUT2D eigenvalue weighted by molar-refractivity contribution is 0.121. The predicted octanol–water partition coefficient (Wildman–Crippen LogP) is 0.594. The minimum Gasteiger partial charge on any atom is -0.446 e. The molecule has 1 rings (SSSR count). The normalized spacial score (nSPS) is 18.6. The monoisotopic (exact) mass is 306 g/mol. The van der Waals surface area contributed by atoms with Crippen molar-refractivity contribution in [1.29, 1.82) is 5.41 Å². The first-order valence-electron chi connectivity index (χ1n) is 6.54. The number of hydrogen-bond acceptors (Lipinski definition) is 5. The van der Waals surface area contributed by atoms with Gasteiger partial charge in [0.25, 0.3) is 0 Å². The van der Waals surface area contributed by atoms with Crippen molar-refractivity contribution in [3.63, 3.8) is 0 Å². The van der Waals surface area contributed by atoms with Gasteiger partial charge in [0.05, 0.1) is 11.6 Å². The van der Waals surface area contributed by atoms with E-state index in [4.69, 9.17) is 15.9 Å². The lowest BCUT2D eigenvalue weighted by atomic mass is 9.82. The third-order valence-corrected chi connectivity index (χ3v) is 4.21. The molecule has 0 bridgehead atoms. The molecule has 0 unspecified atom stereocenters. The van der Waals surface area contributed by atoms with Gasteiger partial charge < -0.3 is 10.5 Å². The zero-order valence-corrected chi connectivity index (χ0v) is 12.5. The van der Waals surface area contributed by atoms with E-state index in [1.54, 1.807) is 18.6 Å². The molecule has 1 aliphatic rings. The molecule has 0 aliphatic heterocycles. The number of amides is 1. The summed E-state index contributed by atoms with van der Waals surface area (Å²) >= 11 is 0. The molecule has 0 atom stereocenters. The van der Waals surface area contributed by atoms with Crippen molar-refractivity contribution in [2.24, 2.45) is 5.73 Å². The molecule has 0 spiro atoms. The Hall–Kier alpha value is -1.35. The maximum atomic E-state index is 11.9. The second-order valence-corrected chi connectivity index (χ2v) is 6.63. The largest absolute Gasteiger partial charge is 0.446 e. The summed E-state index contributed by atoms with van der Waals surface area (Å²) in [6, 6.07) is 0. The Morgan fingerprint density at radius 3 is 2.30 bits per heavy atom. The molecule has 0 radical (unpaired) electrons. The zero-order valence-electron chi connectivity index (χ0n) is 11.7. The molecule has 0 aromatic heterocycles. The van der Waals surface area contributed by atoms with Gasteiger partial charge in [0.15, 0.2) is 0 Å². The molecule has 116 valence electrons. The minimum atomic E-state index is -4.12. The number of carbonyl (C=O) groups excluding carboxylic acids is 1. The number of carbonyl (C=O) groups is 1. The third-order valence-electron chi connectivity index (χ3n) is 3.11. The summed E-state index contributed by atoms with van der Waals surface area (Å²) in [5.74, 6) is -0.236. The van der Waals surface area contributed by atoms with Gasteiger partial charge in [0.2, 0.25) is 0 Å². The van der Waals surface area contributed by atoms with E-state index in [1.807, 2.05) is 0 Å². The Labute approximate surface area is 119 Å². The average Bonchev–Trinajstić information content (AvgIpc) is 2.26. The fourth-order valence-electron chi connectivity index (χ4n) is 2.21. The molecule has 9 heteroatoms. The van der Waals surface area contributed by atoms with E-state index in [0.717, 1.165) is 19.3 Å². The van der Waals surface area contributed by atoms with Crippen LogP contribution in [0.25, 0.3) is 0 Å². The summed E-state index contributed by atoms with van der Waals surface area (Å²) in [5, 5.41) is 7.62. The molecule has 1 amide bonds. The molecule has 1 aliphatic carbocycles. The lowest BCUT2D eigenvalue weighted by Crippen LogP contribution is -2.60. The number of nitrogens with two attached hydrogens (primary N) is 1. The first kappa shape index (κ1) is 16.7. The molecular weight excluding hydrogens is 284 g/mol. The van der Waals surface area contributed by atoms with Crippen LogP contribution < -0.4 is 15.2 Å². The smallest absolute Gasteiger partial charge is 0.422 e. The zero-order chi connectivity index (χ0) is 15.4. The Morgan fingerprint density at radius 1 is 1.30 bits per heavy atom. The van der Waals surface area contributed by atoms with E-state index in [0.29, 0.717) is 12.8 Å². The molecule has 0 aromatic carbocycles. The third kappa shape index (κ3) is 4.64. The van der Waals surface area contributed by atoms with Gasteiger partial charge in [-0.25, -0.2) is 9.52 Å². The average molecular weight is 306 g/mol. The van der Waals surface area contributed by atoms with Gasteiger partial charge in [-0.2, -0.15) is 13.1 Å². The first-order valence-corrected chi connectivity index (χ1v) is 8.02. The number of amidine groups is 1. The van der Waals surface area contributed by atoms with Crippen molar-refractivity contribution in [3.8, 4) is 0 Å². The van der Waals surface area contributed by atoms with Crippen molar-refractivity contribution < 1.29 is 17.9 Å². The number of hydrogen-bond donors (Lipinski definition) is 4. The fourth-order valence-corrected chi connectivity index (χ4v) is 3.36. The highest BCUT2D eigenvalue weighted by Gasteiger charge is 2.39. The maximum absolute atomic E-state index is 11.9. The molecular formula is C11H22N4O4S. The Bertz CT molecular complexity index is 469. The Morgan fingerprint density at radius 2 is 1.85 bits per heavy atom. The lowest BCUT2D eigenvalue weighted by Gasteiger charge is -2.36. The van der Waals surface area contributed by atoms with Crippen molar-refractivity contribution in [3.05, 3.63) is 0 Å². The van der Waals surface area contributed by atoms with Crippen molar-refractivity contribution in [1.82, 2.24) is 9.44 Å². The topological polar surface area (TPSA) is 134 Å². The first-order chi connectivity index (χ1) is 9.17. The van der Waals surface area contributed by atoms with Crippen LogP contribution in [0.3, 0.4) is 0 Å². The van der Waals surface area contributed by atoms with Crippen LogP contribution in [0.1, 0.15) is 46.0 Å². The summed E-state index contributed by atoms with van der Waals surface area (Å²) in [6.07, 6.45) is 1.94. The highest BCUT2D eigenvalue weighted by Crippen LogP contribution is 2.28. The molecule has 0 saturated heterocycles. The summed E-state index contributed by atoms with van der Waals surface area (Å²) in [5.41, 5.74) is 4.42. The van der Waals surface area contributed by atoms with Gasteiger partial charge in [0.1, 0.15) is 5.84 Å². The summed E-state index contributed by atoms with van der Waals surface area (Å²) in [7, 11) is -4.12. The number of rotatable bonds is 5. The molecule has 8 nitrogen and oxygen atoms in total. The minimum absolute atomic E-state index is 0.236. The van der Waals surface area contributed by atoms with Crippen molar-refractivity contribution in [2.75, 3.05) is 0 Å². The molecule has 5 N–H and O–H groups in total. The van der Waals surface area contributed by atoms with Crippen LogP contribution in [0.15, 0.2) is 0 Å². The summed E-state index contributed by atoms with van der Waals surface area (Å²) in [4.78, 5) is 11.3. The van der Waals surface area contributed by atoms with Crippen molar-refractivity contribution in [2.45, 2.75) is 57.6 Å². The molecule has 0 heterocycles. The van der Waals surface area contributed by atoms with Gasteiger partial charge in [-0.1, -0.05) is 19.3 Å². The van der Waals surface area contributed by atoms with E-state index in [1.165, 1.54) is 0 Å². The van der Waals surface area contributed by atoms with Crippen LogP contribution in [0, 0.1) is 5.41 Å². The van der Waals surface area contributed by atoms with Crippen molar-refractivity contribution >= 4 is 22.1 Å². The van der Waals surface area contributed by atoms with Gasteiger partial charge in [-0.3, -0.25) is 5.41 Å². The SMILES string of the molecule is CC(C)OC(=O)NS(=O)(=O)NC1(C(=N)N)CCCCC1. The fraction of sp³-hybridized carbons (Fsp3) is 0.818. The van der Waals surface area contributed by atoms with Crippen LogP contribution in [0.5, 0.6) is 0 Å². The molecule has 20 heavy (non-hydrogen) atoms. The van der Waals surface area contributed by atoms with Crippen LogP contribution in [-0.4, -0.2) is 32.0 Å². The quantitative estimate of drug-likeness (QED) is 0.435. The summed E-state index contributed by atoms with van der Waals surface area (Å²) in [6.45, 7) is 3.22. The highest BCUT2D eigenvalue weighted by molar-refractivity contribution is 7.88. The number of ether oxygens (including phenoxy) is 1. The maximum Gasteiger partial charge on any atom is 0.422 e. The van der Waals surface area contributed by atoms with Gasteiger partial charge >= 0.3 is 16.3 Å². The Kier molecular flexibility index (Phi) is 5.35. The van der Waals surface area contributed by atoms with Gasteiger partial charge in [-0.05, 0) is 26.7 Å². The van der Waals surface area contributed by atoms with E-state index in [-0.39, 0.29) is 5.84 Å². The standard InChI is InChI=1S/C11H22N4O4S/c1-8(2)19-10(16)14-20(17,18)15-11(9(12)13)6-4-3-5-7-11/h8,15H,3-7H2,1-2H3,(H3,12,13)(H,14,16). The number of nitrogens with one attached hydrogen (secondary N) is 3. The van der Waals surface area contributed by atoms with E-state index in [9.17, 15) is 13.2 Å². The van der Waals surface area contributed by atoms with E-state index >= 15 is 0 Å². The molecule has 1 fully saturated rings. The second-order valence-electron chi connectivity index (χ2n) is 5.22. The highest BCUT2D eigenvalue weighted by atomic mass is 32.2. The predicted molar refractivity (Wildman–Crippen MR) is 74.5 cm³/mol. The second kappa shape index (κ2) is 6.40. The van der Waals surface area contributed by atoms with Crippen LogP contribution in [-0.2, 0) is 14.9 Å². The van der Waals surface area contributed by atoms with Crippen LogP contribution >= 0.6 is 0 Å². The van der Waals surface area contributed by atoms with E-state index < -0.39 is 27.9 Å². The molecule has 0 aromatic rings. The van der Waals surface area contributed by atoms with Gasteiger partial charge in [-0.15, -0.1) is 0 Å². The van der Waals surface area contributed by atoms with Crippen LogP contribution in [0.4, 0.5) is 4.79 Å². The molecule has 1 saturated carbocycles. The van der Waals surface area contributed by atoms with Crippen LogP contribution in [0.2, 0.25) is 0 Å².